The second kappa shape index (κ2) is 7.09. The third-order valence-electron chi connectivity index (χ3n) is 2.84. The molecule has 4 nitrogen and oxygen atoms in total. The number of nitrogens with one attached hydrogen (secondary N) is 1. The Kier molecular flexibility index (Phi) is 5.76. The average molecular weight is 269 g/mol. The van der Waals surface area contributed by atoms with Crippen LogP contribution in [0.1, 0.15) is 31.1 Å². The van der Waals surface area contributed by atoms with Crippen LogP contribution in [0.2, 0.25) is 0 Å². The quantitative estimate of drug-likeness (QED) is 0.833. The first-order chi connectivity index (χ1) is 8.97. The van der Waals surface area contributed by atoms with Crippen molar-refractivity contribution in [1.82, 2.24) is 5.32 Å². The van der Waals surface area contributed by atoms with Crippen LogP contribution < -0.4 is 5.32 Å². The predicted molar refractivity (Wildman–Crippen MR) is 70.7 cm³/mol. The van der Waals surface area contributed by atoms with E-state index < -0.39 is 11.7 Å². The third-order valence-corrected chi connectivity index (χ3v) is 2.84. The van der Waals surface area contributed by atoms with Gasteiger partial charge in [0.05, 0.1) is 12.6 Å². The maximum absolute atomic E-state index is 13.6. The second-order valence-corrected chi connectivity index (χ2v) is 4.62. The highest BCUT2D eigenvalue weighted by Crippen LogP contribution is 2.20. The van der Waals surface area contributed by atoms with Crippen molar-refractivity contribution in [3.05, 3.63) is 29.6 Å². The highest BCUT2D eigenvalue weighted by Gasteiger charge is 2.21. The predicted octanol–water partition coefficient (Wildman–Crippen LogP) is 2.32. The maximum Gasteiger partial charge on any atom is 0.258 e. The Balaban J connectivity index is 2.82. The molecule has 0 aromatic heterocycles. The second-order valence-electron chi connectivity index (χ2n) is 4.62. The molecule has 0 spiro atoms. The summed E-state index contributed by atoms with van der Waals surface area (Å²) in [4.78, 5) is 12.0. The van der Waals surface area contributed by atoms with Gasteiger partial charge in [-0.1, -0.05) is 19.9 Å². The van der Waals surface area contributed by atoms with Crippen molar-refractivity contribution in [2.45, 2.75) is 26.8 Å². The smallest absolute Gasteiger partial charge is 0.258 e. The molecule has 2 N–H and O–H groups in total. The number of amides is 1. The van der Waals surface area contributed by atoms with Crippen molar-refractivity contribution in [3.63, 3.8) is 0 Å². The van der Waals surface area contributed by atoms with Crippen LogP contribution in [0.3, 0.4) is 0 Å². The lowest BCUT2D eigenvalue weighted by atomic mass is 10.0. The molecule has 1 rings (SSSR count). The third kappa shape index (κ3) is 4.21. The van der Waals surface area contributed by atoms with Gasteiger partial charge in [0.25, 0.3) is 5.91 Å². The molecule has 1 atom stereocenters. The Morgan fingerprint density at radius 3 is 2.68 bits per heavy atom. The molecule has 0 fully saturated rings. The van der Waals surface area contributed by atoms with Crippen LogP contribution in [-0.2, 0) is 4.74 Å². The number of halogens is 1. The lowest BCUT2D eigenvalue weighted by molar-refractivity contribution is 0.0800. The number of phenolic OH excluding ortho intramolecular Hbond substituents is 1. The summed E-state index contributed by atoms with van der Waals surface area (Å²) in [5.74, 6) is -1.59. The van der Waals surface area contributed by atoms with Crippen LogP contribution >= 0.6 is 0 Å². The summed E-state index contributed by atoms with van der Waals surface area (Å²) >= 11 is 0. The Morgan fingerprint density at radius 2 is 2.16 bits per heavy atom. The molecule has 0 bridgehead atoms. The molecule has 0 radical (unpaired) electrons. The number of ether oxygens (including phenoxy) is 1. The standard InChI is InChI=1S/C14H20FNO3/c1-4-19-8-11(9(2)3)16-14(18)13-10(15)6-5-7-12(13)17/h5-7,9,11,17H,4,8H2,1-3H3,(H,16,18). The van der Waals surface area contributed by atoms with E-state index in [2.05, 4.69) is 5.32 Å². The first-order valence-corrected chi connectivity index (χ1v) is 6.33. The minimum absolute atomic E-state index is 0.143. The molecular formula is C14H20FNO3. The highest BCUT2D eigenvalue weighted by atomic mass is 19.1. The Bertz CT molecular complexity index is 414. The van der Waals surface area contributed by atoms with Gasteiger partial charge in [-0.05, 0) is 25.0 Å². The summed E-state index contributed by atoms with van der Waals surface area (Å²) in [5, 5.41) is 12.2. The summed E-state index contributed by atoms with van der Waals surface area (Å²) in [5.41, 5.74) is -0.329. The summed E-state index contributed by atoms with van der Waals surface area (Å²) in [6.07, 6.45) is 0. The van der Waals surface area contributed by atoms with E-state index in [4.69, 9.17) is 4.74 Å². The summed E-state index contributed by atoms with van der Waals surface area (Å²) in [6.45, 7) is 6.64. The van der Waals surface area contributed by atoms with Gasteiger partial charge in [0.15, 0.2) is 0 Å². The van der Waals surface area contributed by atoms with E-state index in [0.717, 1.165) is 6.07 Å². The van der Waals surface area contributed by atoms with E-state index in [0.29, 0.717) is 13.2 Å². The molecule has 1 aromatic carbocycles. The van der Waals surface area contributed by atoms with Gasteiger partial charge in [0.2, 0.25) is 0 Å². The average Bonchev–Trinajstić information content (AvgIpc) is 2.33. The number of rotatable bonds is 6. The molecule has 0 aliphatic rings. The van der Waals surface area contributed by atoms with Crippen molar-refractivity contribution in [3.8, 4) is 5.75 Å². The molecule has 0 aliphatic heterocycles. The van der Waals surface area contributed by atoms with E-state index in [-0.39, 0.29) is 23.3 Å². The van der Waals surface area contributed by atoms with Gasteiger partial charge in [0.1, 0.15) is 17.1 Å². The van der Waals surface area contributed by atoms with Crippen molar-refractivity contribution in [1.29, 1.82) is 0 Å². The first-order valence-electron chi connectivity index (χ1n) is 6.33. The highest BCUT2D eigenvalue weighted by molar-refractivity contribution is 5.97. The Morgan fingerprint density at radius 1 is 1.47 bits per heavy atom. The first kappa shape index (κ1) is 15.4. The maximum atomic E-state index is 13.6. The summed E-state index contributed by atoms with van der Waals surface area (Å²) in [7, 11) is 0. The lowest BCUT2D eigenvalue weighted by Crippen LogP contribution is -2.42. The number of aromatic hydroxyl groups is 1. The molecule has 0 saturated heterocycles. The molecule has 0 saturated carbocycles. The molecule has 19 heavy (non-hydrogen) atoms. The zero-order chi connectivity index (χ0) is 14.4. The van der Waals surface area contributed by atoms with E-state index >= 15 is 0 Å². The van der Waals surface area contributed by atoms with Crippen molar-refractivity contribution in [2.75, 3.05) is 13.2 Å². The molecule has 1 aromatic rings. The van der Waals surface area contributed by atoms with E-state index in [1.807, 2.05) is 20.8 Å². The van der Waals surface area contributed by atoms with Gasteiger partial charge in [-0.3, -0.25) is 4.79 Å². The van der Waals surface area contributed by atoms with E-state index in [1.165, 1.54) is 12.1 Å². The van der Waals surface area contributed by atoms with E-state index in [9.17, 15) is 14.3 Å². The number of carbonyl (C=O) groups excluding carboxylic acids is 1. The van der Waals surface area contributed by atoms with Gasteiger partial charge in [-0.25, -0.2) is 4.39 Å². The minimum Gasteiger partial charge on any atom is -0.507 e. The monoisotopic (exact) mass is 269 g/mol. The Hall–Kier alpha value is -1.62. The van der Waals surface area contributed by atoms with Crippen molar-refractivity contribution >= 4 is 5.91 Å². The van der Waals surface area contributed by atoms with Crippen LogP contribution in [0.25, 0.3) is 0 Å². The van der Waals surface area contributed by atoms with E-state index in [1.54, 1.807) is 0 Å². The lowest BCUT2D eigenvalue weighted by Gasteiger charge is -2.22. The topological polar surface area (TPSA) is 58.6 Å². The van der Waals surface area contributed by atoms with Gasteiger partial charge >= 0.3 is 0 Å². The fourth-order valence-corrected chi connectivity index (χ4v) is 1.62. The van der Waals surface area contributed by atoms with Gasteiger partial charge in [-0.2, -0.15) is 0 Å². The zero-order valence-corrected chi connectivity index (χ0v) is 11.4. The van der Waals surface area contributed by atoms with Crippen LogP contribution in [0, 0.1) is 11.7 Å². The molecule has 0 aliphatic carbocycles. The number of hydrogen-bond acceptors (Lipinski definition) is 3. The van der Waals surface area contributed by atoms with Crippen molar-refractivity contribution in [2.24, 2.45) is 5.92 Å². The largest absolute Gasteiger partial charge is 0.507 e. The van der Waals surface area contributed by atoms with Crippen LogP contribution in [0.4, 0.5) is 4.39 Å². The molecule has 5 heteroatoms. The number of hydrogen-bond donors (Lipinski definition) is 2. The van der Waals surface area contributed by atoms with Crippen LogP contribution in [-0.4, -0.2) is 30.3 Å². The van der Waals surface area contributed by atoms with Gasteiger partial charge in [0, 0.05) is 6.61 Å². The summed E-state index contributed by atoms with van der Waals surface area (Å²) in [6, 6.07) is 3.54. The SMILES string of the molecule is CCOCC(NC(=O)c1c(O)cccc1F)C(C)C. The Labute approximate surface area is 112 Å². The van der Waals surface area contributed by atoms with Gasteiger partial charge in [-0.15, -0.1) is 0 Å². The normalized spacial score (nSPS) is 12.5. The molecular weight excluding hydrogens is 249 g/mol. The number of benzene rings is 1. The number of carbonyl (C=O) groups is 1. The summed E-state index contributed by atoms with van der Waals surface area (Å²) < 4.78 is 18.8. The molecule has 0 heterocycles. The zero-order valence-electron chi connectivity index (χ0n) is 11.4. The minimum atomic E-state index is -0.739. The van der Waals surface area contributed by atoms with Crippen LogP contribution in [0.15, 0.2) is 18.2 Å². The molecule has 1 amide bonds. The molecule has 1 unspecified atom stereocenters. The fraction of sp³-hybridized carbons (Fsp3) is 0.500. The molecule has 106 valence electrons. The van der Waals surface area contributed by atoms with Crippen LogP contribution in [0.5, 0.6) is 5.75 Å². The number of phenols is 1. The fourth-order valence-electron chi connectivity index (χ4n) is 1.62. The van der Waals surface area contributed by atoms with Gasteiger partial charge < -0.3 is 15.2 Å². The van der Waals surface area contributed by atoms with Crippen molar-refractivity contribution < 1.29 is 19.0 Å².